The first-order chi connectivity index (χ1) is 14.0. The van der Waals surface area contributed by atoms with Gasteiger partial charge in [0.15, 0.2) is 10.9 Å². The Hall–Kier alpha value is -2.93. The Morgan fingerprint density at radius 2 is 1.76 bits per heavy atom. The van der Waals surface area contributed by atoms with Crippen molar-refractivity contribution in [3.05, 3.63) is 66.0 Å². The third-order valence-electron chi connectivity index (χ3n) is 4.39. The van der Waals surface area contributed by atoms with Crippen molar-refractivity contribution in [2.24, 2.45) is 0 Å². The van der Waals surface area contributed by atoms with E-state index in [1.807, 2.05) is 55.7 Å². The number of aromatic nitrogens is 3. The van der Waals surface area contributed by atoms with E-state index in [9.17, 15) is 9.59 Å². The van der Waals surface area contributed by atoms with Crippen LogP contribution in [0, 0.1) is 6.92 Å². The van der Waals surface area contributed by atoms with Crippen LogP contribution in [0.15, 0.2) is 59.8 Å². The number of aryl methyl sites for hydroxylation is 1. The Kier molecular flexibility index (Phi) is 6.82. The lowest BCUT2D eigenvalue weighted by Crippen LogP contribution is -2.15. The third-order valence-corrected chi connectivity index (χ3v) is 5.43. The van der Waals surface area contributed by atoms with Crippen LogP contribution in [-0.2, 0) is 4.79 Å². The van der Waals surface area contributed by atoms with Gasteiger partial charge in [0.25, 0.3) is 0 Å². The van der Waals surface area contributed by atoms with Crippen LogP contribution < -0.4 is 5.32 Å². The van der Waals surface area contributed by atoms with Crippen LogP contribution in [-0.4, -0.2) is 31.7 Å². The molecule has 1 atom stereocenters. The second kappa shape index (κ2) is 9.52. The molecular weight excluding hydrogens is 384 g/mol. The minimum atomic E-state index is -0.332. The van der Waals surface area contributed by atoms with Gasteiger partial charge in [-0.2, -0.15) is 0 Å². The van der Waals surface area contributed by atoms with Gasteiger partial charge >= 0.3 is 0 Å². The number of hydrogen-bond acceptors (Lipinski definition) is 5. The first kappa shape index (κ1) is 20.8. The highest BCUT2D eigenvalue weighted by molar-refractivity contribution is 8.00. The van der Waals surface area contributed by atoms with E-state index >= 15 is 0 Å². The van der Waals surface area contributed by atoms with Crippen LogP contribution in [0.1, 0.15) is 42.9 Å². The molecule has 0 aliphatic carbocycles. The predicted octanol–water partition coefficient (Wildman–Crippen LogP) is 4.68. The van der Waals surface area contributed by atoms with Gasteiger partial charge in [0.05, 0.1) is 5.25 Å². The van der Waals surface area contributed by atoms with Crippen molar-refractivity contribution in [1.29, 1.82) is 0 Å². The summed E-state index contributed by atoms with van der Waals surface area (Å²) in [6.07, 6.45) is 1.28. The van der Waals surface area contributed by atoms with Crippen LogP contribution in [0.25, 0.3) is 5.69 Å². The summed E-state index contributed by atoms with van der Waals surface area (Å²) in [5, 5.41) is 11.6. The van der Waals surface area contributed by atoms with Crippen molar-refractivity contribution in [1.82, 2.24) is 14.8 Å². The lowest BCUT2D eigenvalue weighted by Gasteiger charge is -2.12. The normalized spacial score (nSPS) is 11.8. The van der Waals surface area contributed by atoms with Gasteiger partial charge in [0, 0.05) is 23.4 Å². The van der Waals surface area contributed by atoms with Gasteiger partial charge in [0.1, 0.15) is 5.82 Å². The first-order valence-corrected chi connectivity index (χ1v) is 10.5. The van der Waals surface area contributed by atoms with Crippen LogP contribution in [0.3, 0.4) is 0 Å². The van der Waals surface area contributed by atoms with Crippen molar-refractivity contribution in [2.45, 2.75) is 44.0 Å². The molecule has 0 bridgehead atoms. The van der Waals surface area contributed by atoms with Crippen LogP contribution >= 0.6 is 11.8 Å². The number of thioether (sulfide) groups is 1. The average molecular weight is 409 g/mol. The van der Waals surface area contributed by atoms with E-state index in [1.54, 1.807) is 24.3 Å². The second-order valence-electron chi connectivity index (χ2n) is 6.70. The van der Waals surface area contributed by atoms with Crippen LogP contribution in [0.5, 0.6) is 0 Å². The average Bonchev–Trinajstić information content (AvgIpc) is 3.08. The molecule has 2 aromatic carbocycles. The minimum absolute atomic E-state index is 0.00157. The molecule has 0 saturated carbocycles. The molecule has 0 aliphatic rings. The number of para-hydroxylation sites is 1. The molecule has 0 saturated heterocycles. The van der Waals surface area contributed by atoms with E-state index in [0.717, 1.165) is 17.9 Å². The number of hydrogen-bond donors (Lipinski definition) is 1. The van der Waals surface area contributed by atoms with Gasteiger partial charge in [-0.25, -0.2) is 0 Å². The number of nitrogens with one attached hydrogen (secondary N) is 1. The van der Waals surface area contributed by atoms with Crippen molar-refractivity contribution in [2.75, 3.05) is 5.32 Å². The van der Waals surface area contributed by atoms with Crippen molar-refractivity contribution in [3.8, 4) is 5.69 Å². The molecule has 3 rings (SSSR count). The number of carbonyl (C=O) groups is 2. The van der Waals surface area contributed by atoms with E-state index < -0.39 is 0 Å². The topological polar surface area (TPSA) is 76.9 Å². The molecule has 0 radical (unpaired) electrons. The number of carbonyl (C=O) groups excluding carboxylic acids is 2. The quantitative estimate of drug-likeness (QED) is 0.433. The highest BCUT2D eigenvalue weighted by atomic mass is 32.2. The van der Waals surface area contributed by atoms with E-state index in [4.69, 9.17) is 0 Å². The molecule has 6 nitrogen and oxygen atoms in total. The highest BCUT2D eigenvalue weighted by Gasteiger charge is 2.21. The summed E-state index contributed by atoms with van der Waals surface area (Å²) in [6.45, 7) is 5.71. The fourth-order valence-electron chi connectivity index (χ4n) is 2.91. The number of anilines is 1. The molecule has 1 heterocycles. The Labute approximate surface area is 174 Å². The van der Waals surface area contributed by atoms with Crippen LogP contribution in [0.2, 0.25) is 0 Å². The summed E-state index contributed by atoms with van der Waals surface area (Å²) in [4.78, 5) is 24.6. The summed E-state index contributed by atoms with van der Waals surface area (Å²) in [6, 6.07) is 16.8. The molecule has 1 N–H and O–H groups in total. The van der Waals surface area contributed by atoms with Crippen molar-refractivity contribution >= 4 is 29.1 Å². The van der Waals surface area contributed by atoms with Gasteiger partial charge in [-0.3, -0.25) is 14.2 Å². The predicted molar refractivity (Wildman–Crippen MR) is 116 cm³/mol. The molecule has 29 heavy (non-hydrogen) atoms. The third kappa shape index (κ3) is 5.12. The molecule has 150 valence electrons. The summed E-state index contributed by atoms with van der Waals surface area (Å²) in [5.74, 6) is 0.748. The Morgan fingerprint density at radius 3 is 2.41 bits per heavy atom. The maximum absolute atomic E-state index is 12.9. The van der Waals surface area contributed by atoms with Crippen molar-refractivity contribution in [3.63, 3.8) is 0 Å². The standard InChI is InChI=1S/C22H24N4O2S/c1-4-8-20(27)23-18-13-11-17(12-14-18)21(28)15(2)29-22-25-24-16(3)26(22)19-9-6-5-7-10-19/h5-7,9-15H,4,8H2,1-3H3,(H,23,27). The Morgan fingerprint density at radius 1 is 1.07 bits per heavy atom. The van der Waals surface area contributed by atoms with Gasteiger partial charge in [-0.1, -0.05) is 36.9 Å². The van der Waals surface area contributed by atoms with Gasteiger partial charge in [0.2, 0.25) is 5.91 Å². The highest BCUT2D eigenvalue weighted by Crippen LogP contribution is 2.27. The van der Waals surface area contributed by atoms with E-state index in [0.29, 0.717) is 22.8 Å². The second-order valence-corrected chi connectivity index (χ2v) is 8.01. The summed E-state index contributed by atoms with van der Waals surface area (Å²) in [7, 11) is 0. The van der Waals surface area contributed by atoms with Crippen LogP contribution in [0.4, 0.5) is 5.69 Å². The summed E-state index contributed by atoms with van der Waals surface area (Å²) >= 11 is 1.38. The Balaban J connectivity index is 1.71. The molecular formula is C22H24N4O2S. The zero-order valence-electron chi connectivity index (χ0n) is 16.8. The first-order valence-electron chi connectivity index (χ1n) is 9.57. The van der Waals surface area contributed by atoms with E-state index in [2.05, 4.69) is 15.5 Å². The number of amides is 1. The fourth-order valence-corrected chi connectivity index (χ4v) is 3.90. The summed E-state index contributed by atoms with van der Waals surface area (Å²) in [5.41, 5.74) is 2.25. The summed E-state index contributed by atoms with van der Waals surface area (Å²) < 4.78 is 1.95. The van der Waals surface area contributed by atoms with Gasteiger partial charge in [-0.05, 0) is 56.7 Å². The molecule has 0 spiro atoms. The van der Waals surface area contributed by atoms with Gasteiger partial charge < -0.3 is 5.32 Å². The lowest BCUT2D eigenvalue weighted by molar-refractivity contribution is -0.116. The molecule has 0 fully saturated rings. The zero-order valence-corrected chi connectivity index (χ0v) is 17.6. The number of nitrogens with zero attached hydrogens (tertiary/aromatic N) is 3. The number of rotatable bonds is 8. The molecule has 1 aromatic heterocycles. The Bertz CT molecular complexity index is 984. The maximum Gasteiger partial charge on any atom is 0.224 e. The number of Topliss-reactive ketones (excluding diaryl/α,β-unsaturated/α-hetero) is 1. The number of benzene rings is 2. The zero-order chi connectivity index (χ0) is 20.8. The molecule has 0 aliphatic heterocycles. The SMILES string of the molecule is CCCC(=O)Nc1ccc(C(=O)C(C)Sc2nnc(C)n2-c2ccccc2)cc1. The molecule has 7 heteroatoms. The van der Waals surface area contributed by atoms with Gasteiger partial charge in [-0.15, -0.1) is 10.2 Å². The number of ketones is 1. The fraction of sp³-hybridized carbons (Fsp3) is 0.273. The monoisotopic (exact) mass is 408 g/mol. The maximum atomic E-state index is 12.9. The molecule has 1 unspecified atom stereocenters. The van der Waals surface area contributed by atoms with Crippen molar-refractivity contribution < 1.29 is 9.59 Å². The van der Waals surface area contributed by atoms with E-state index in [-0.39, 0.29) is 16.9 Å². The molecule has 3 aromatic rings. The van der Waals surface area contributed by atoms with E-state index in [1.165, 1.54) is 11.8 Å². The lowest BCUT2D eigenvalue weighted by atomic mass is 10.1. The largest absolute Gasteiger partial charge is 0.326 e. The smallest absolute Gasteiger partial charge is 0.224 e. The minimum Gasteiger partial charge on any atom is -0.326 e. The molecule has 1 amide bonds.